The van der Waals surface area contributed by atoms with Crippen LogP contribution >= 0.6 is 0 Å². The van der Waals surface area contributed by atoms with Crippen molar-refractivity contribution in [1.29, 1.82) is 0 Å². The number of rotatable bonds is 10. The third-order valence-electron chi connectivity index (χ3n) is 9.86. The number of fused-ring (bicyclic) bond motifs is 2. The van der Waals surface area contributed by atoms with E-state index >= 15 is 0 Å². The SMILES string of the molecule is CC(C)(C)OC(=O)c1ccc2nc(CN3CCC(c4cccc(OCc5cc6c(cnn6C6COC6)cc5F)n4)CC3)n(CC3CCO3)c2c1. The molecule has 0 saturated carbocycles. The maximum absolute atomic E-state index is 15.0. The van der Waals surface area contributed by atoms with E-state index in [4.69, 9.17) is 28.9 Å². The Morgan fingerprint density at radius 1 is 1.02 bits per heavy atom. The van der Waals surface area contributed by atoms with E-state index in [9.17, 15) is 9.18 Å². The maximum Gasteiger partial charge on any atom is 0.338 e. The number of esters is 1. The first-order chi connectivity index (χ1) is 24.2. The smallest absolute Gasteiger partial charge is 0.338 e. The normalized spacial score (nSPS) is 19.1. The number of hydrogen-bond donors (Lipinski definition) is 0. The molecule has 3 fully saturated rings. The molecule has 1 atom stereocenters. The second kappa shape index (κ2) is 13.4. The molecule has 2 aromatic carbocycles. The quantitative estimate of drug-likeness (QED) is 0.159. The van der Waals surface area contributed by atoms with Gasteiger partial charge in [-0.25, -0.2) is 19.2 Å². The maximum atomic E-state index is 15.0. The van der Waals surface area contributed by atoms with Crippen molar-refractivity contribution in [2.24, 2.45) is 0 Å². The van der Waals surface area contributed by atoms with E-state index in [2.05, 4.69) is 20.6 Å². The van der Waals surface area contributed by atoms with Gasteiger partial charge in [0.05, 0.1) is 66.8 Å². The topological polar surface area (TPSA) is 106 Å². The fourth-order valence-electron chi connectivity index (χ4n) is 6.95. The predicted molar refractivity (Wildman–Crippen MR) is 185 cm³/mol. The Bertz CT molecular complexity index is 2020. The van der Waals surface area contributed by atoms with Crippen molar-refractivity contribution in [2.45, 2.75) is 83.4 Å². The van der Waals surface area contributed by atoms with Crippen molar-refractivity contribution in [3.8, 4) is 5.88 Å². The Morgan fingerprint density at radius 3 is 2.56 bits per heavy atom. The van der Waals surface area contributed by atoms with Crippen LogP contribution in [-0.4, -0.2) is 79.8 Å². The number of imidazole rings is 1. The van der Waals surface area contributed by atoms with Gasteiger partial charge in [0.2, 0.25) is 5.88 Å². The molecule has 8 rings (SSSR count). The van der Waals surface area contributed by atoms with Crippen molar-refractivity contribution in [2.75, 3.05) is 32.9 Å². The van der Waals surface area contributed by atoms with Gasteiger partial charge in [-0.15, -0.1) is 0 Å². The van der Waals surface area contributed by atoms with E-state index < -0.39 is 5.60 Å². The van der Waals surface area contributed by atoms with Gasteiger partial charge in [-0.3, -0.25) is 9.58 Å². The fourth-order valence-corrected chi connectivity index (χ4v) is 6.95. The van der Waals surface area contributed by atoms with Crippen LogP contribution in [0.4, 0.5) is 4.39 Å². The van der Waals surface area contributed by atoms with Crippen LogP contribution in [0.2, 0.25) is 0 Å². The summed E-state index contributed by atoms with van der Waals surface area (Å²) in [4.78, 5) is 25.2. The highest BCUT2D eigenvalue weighted by molar-refractivity contribution is 5.94. The molecule has 50 heavy (non-hydrogen) atoms. The van der Waals surface area contributed by atoms with Crippen LogP contribution in [0.5, 0.6) is 5.88 Å². The predicted octanol–water partition coefficient (Wildman–Crippen LogP) is 6.19. The lowest BCUT2D eigenvalue weighted by Crippen LogP contribution is -2.35. The summed E-state index contributed by atoms with van der Waals surface area (Å²) in [5.41, 5.74) is 4.07. The number of aromatic nitrogens is 5. The molecule has 11 nitrogen and oxygen atoms in total. The van der Waals surface area contributed by atoms with Gasteiger partial charge in [0.25, 0.3) is 0 Å². The molecule has 5 aromatic rings. The van der Waals surface area contributed by atoms with E-state index in [-0.39, 0.29) is 30.5 Å². The minimum absolute atomic E-state index is 0.0786. The van der Waals surface area contributed by atoms with Gasteiger partial charge in [0.1, 0.15) is 23.8 Å². The summed E-state index contributed by atoms with van der Waals surface area (Å²) in [7, 11) is 0. The van der Waals surface area contributed by atoms with Crippen LogP contribution in [0.15, 0.2) is 54.7 Å². The van der Waals surface area contributed by atoms with Gasteiger partial charge in [0.15, 0.2) is 0 Å². The van der Waals surface area contributed by atoms with E-state index in [1.54, 1.807) is 12.3 Å². The molecule has 0 aliphatic carbocycles. The number of hydrogen-bond acceptors (Lipinski definition) is 9. The second-order valence-electron chi connectivity index (χ2n) is 14.6. The monoisotopic (exact) mass is 682 g/mol. The zero-order valence-corrected chi connectivity index (χ0v) is 28.8. The summed E-state index contributed by atoms with van der Waals surface area (Å²) in [6.07, 6.45) is 4.75. The van der Waals surface area contributed by atoms with Crippen LogP contribution in [0.1, 0.15) is 79.4 Å². The number of likely N-dealkylation sites (tertiary alicyclic amines) is 1. The van der Waals surface area contributed by atoms with Gasteiger partial charge >= 0.3 is 5.97 Å². The van der Waals surface area contributed by atoms with Crippen molar-refractivity contribution in [1.82, 2.24) is 29.2 Å². The van der Waals surface area contributed by atoms with Crippen molar-refractivity contribution >= 4 is 27.9 Å². The summed E-state index contributed by atoms with van der Waals surface area (Å²) in [6, 6.07) is 15.0. The molecule has 0 spiro atoms. The Hall–Kier alpha value is -4.39. The molecular weight excluding hydrogens is 639 g/mol. The number of piperidine rings is 1. The molecular formula is C38H43FN6O5. The molecule has 0 amide bonds. The van der Waals surface area contributed by atoms with Crippen LogP contribution < -0.4 is 4.74 Å². The first-order valence-corrected chi connectivity index (χ1v) is 17.6. The number of benzene rings is 2. The molecule has 262 valence electrons. The highest BCUT2D eigenvalue weighted by Crippen LogP contribution is 2.31. The molecule has 3 aromatic heterocycles. The molecule has 3 aliphatic heterocycles. The lowest BCUT2D eigenvalue weighted by Gasteiger charge is -2.32. The molecule has 12 heteroatoms. The fraction of sp³-hybridized carbons (Fsp3) is 0.474. The summed E-state index contributed by atoms with van der Waals surface area (Å²) >= 11 is 0. The van der Waals surface area contributed by atoms with Gasteiger partial charge in [-0.2, -0.15) is 5.10 Å². The number of halogens is 1. The summed E-state index contributed by atoms with van der Waals surface area (Å²) in [5.74, 6) is 1.10. The largest absolute Gasteiger partial charge is 0.473 e. The number of carbonyl (C=O) groups excluding carboxylic acids is 1. The number of nitrogens with zero attached hydrogens (tertiary/aromatic N) is 6. The first-order valence-electron chi connectivity index (χ1n) is 17.6. The van der Waals surface area contributed by atoms with Gasteiger partial charge < -0.3 is 23.5 Å². The van der Waals surface area contributed by atoms with Gasteiger partial charge in [-0.1, -0.05) is 6.07 Å². The Labute approximate surface area is 290 Å². The van der Waals surface area contributed by atoms with Crippen molar-refractivity contribution in [3.05, 3.63) is 83.2 Å². The average Bonchev–Trinajstić information content (AvgIpc) is 3.60. The number of pyridine rings is 1. The molecule has 1 unspecified atom stereocenters. The third-order valence-corrected chi connectivity index (χ3v) is 9.86. The Balaban J connectivity index is 0.922. The Kier molecular flexibility index (Phi) is 8.78. The van der Waals surface area contributed by atoms with E-state index in [0.717, 1.165) is 72.4 Å². The minimum atomic E-state index is -0.570. The van der Waals surface area contributed by atoms with Crippen molar-refractivity contribution < 1.29 is 28.1 Å². The highest BCUT2D eigenvalue weighted by Gasteiger charge is 2.27. The molecule has 0 radical (unpaired) electrons. The average molecular weight is 683 g/mol. The highest BCUT2D eigenvalue weighted by atomic mass is 19.1. The standard InChI is InChI=1S/C38H43FN6O5/c1-38(2,3)50-37(46)25-7-8-32-34(16-25)44(19-29-11-14-48-29)35(41-32)20-43-12-9-24(10-13-43)31-5-4-6-36(42-31)49-21-27-17-33-26(15-30(27)39)18-40-45(33)28-22-47-23-28/h4-8,15-18,24,28-29H,9-14,19-23H2,1-3H3. The summed E-state index contributed by atoms with van der Waals surface area (Å²) in [6.45, 7) is 10.9. The van der Waals surface area contributed by atoms with Gasteiger partial charge in [-0.05, 0) is 89.5 Å². The van der Waals surface area contributed by atoms with Crippen LogP contribution in [0, 0.1) is 5.82 Å². The molecule has 0 N–H and O–H groups in total. The second-order valence-corrected chi connectivity index (χ2v) is 14.6. The zero-order valence-electron chi connectivity index (χ0n) is 28.8. The minimum Gasteiger partial charge on any atom is -0.473 e. The van der Waals surface area contributed by atoms with Crippen LogP contribution in [-0.2, 0) is 33.9 Å². The lowest BCUT2D eigenvalue weighted by molar-refractivity contribution is -0.0592. The number of ether oxygens (including phenoxy) is 4. The van der Waals surface area contributed by atoms with E-state index in [0.29, 0.717) is 49.2 Å². The molecule has 6 heterocycles. The summed E-state index contributed by atoms with van der Waals surface area (Å²) < 4.78 is 41.9. The third kappa shape index (κ3) is 6.84. The zero-order chi connectivity index (χ0) is 34.4. The molecule has 3 saturated heterocycles. The number of carbonyl (C=O) groups is 1. The molecule has 0 bridgehead atoms. The molecule has 3 aliphatic rings. The Morgan fingerprint density at radius 2 is 1.84 bits per heavy atom. The van der Waals surface area contributed by atoms with Gasteiger partial charge in [0, 0.05) is 35.2 Å². The first kappa shape index (κ1) is 32.8. The van der Waals surface area contributed by atoms with Crippen LogP contribution in [0.3, 0.4) is 0 Å². The van der Waals surface area contributed by atoms with E-state index in [1.807, 2.05) is 55.8 Å². The lowest BCUT2D eigenvalue weighted by atomic mass is 9.93. The van der Waals surface area contributed by atoms with Crippen LogP contribution in [0.25, 0.3) is 21.9 Å². The van der Waals surface area contributed by atoms with E-state index in [1.165, 1.54) is 6.07 Å². The summed E-state index contributed by atoms with van der Waals surface area (Å²) in [5, 5.41) is 5.21. The van der Waals surface area contributed by atoms with Crippen molar-refractivity contribution in [3.63, 3.8) is 0 Å².